The van der Waals surface area contributed by atoms with Gasteiger partial charge in [0.25, 0.3) is 0 Å². The molecule has 1 aliphatic heterocycles. The second-order valence-corrected chi connectivity index (χ2v) is 7.81. The summed E-state index contributed by atoms with van der Waals surface area (Å²) in [6, 6.07) is 10.9. The molecule has 0 radical (unpaired) electrons. The van der Waals surface area contributed by atoms with Gasteiger partial charge in [-0.05, 0) is 30.7 Å². The van der Waals surface area contributed by atoms with E-state index in [4.69, 9.17) is 0 Å². The molecule has 2 aromatic rings. The molecule has 136 valence electrons. The number of hydrogen-bond acceptors (Lipinski definition) is 3. The Labute approximate surface area is 171 Å². The lowest BCUT2D eigenvalue weighted by molar-refractivity contribution is 0.234. The van der Waals surface area contributed by atoms with Crippen LogP contribution in [0.2, 0.25) is 0 Å². The van der Waals surface area contributed by atoms with Crippen LogP contribution in [0, 0.1) is 12.8 Å². The Morgan fingerprint density at radius 3 is 2.72 bits per heavy atom. The number of nitrogens with one attached hydrogen (secondary N) is 1. The SMILES string of the molecule is CN=C(NCc1ncc(C)s1)N1CCC(c2ccccc2)C(C)C1.I. The predicted octanol–water partition coefficient (Wildman–Crippen LogP) is 4.27. The van der Waals surface area contributed by atoms with E-state index in [1.807, 2.05) is 13.2 Å². The maximum Gasteiger partial charge on any atom is 0.194 e. The molecule has 2 atom stereocenters. The third kappa shape index (κ3) is 5.17. The molecule has 1 aromatic carbocycles. The Kier molecular flexibility index (Phi) is 7.68. The van der Waals surface area contributed by atoms with Crippen molar-refractivity contribution in [1.82, 2.24) is 15.2 Å². The van der Waals surface area contributed by atoms with Crippen molar-refractivity contribution in [2.24, 2.45) is 10.9 Å². The third-order valence-electron chi connectivity index (χ3n) is 4.71. The van der Waals surface area contributed by atoms with Crippen molar-refractivity contribution in [1.29, 1.82) is 0 Å². The van der Waals surface area contributed by atoms with Crippen molar-refractivity contribution in [3.8, 4) is 0 Å². The van der Waals surface area contributed by atoms with E-state index < -0.39 is 0 Å². The maximum atomic E-state index is 4.47. The third-order valence-corrected chi connectivity index (χ3v) is 5.62. The minimum Gasteiger partial charge on any atom is -0.350 e. The number of aliphatic imine (C=N–C) groups is 1. The van der Waals surface area contributed by atoms with E-state index in [0.717, 1.165) is 30.6 Å². The molecule has 2 heterocycles. The molecule has 1 aliphatic rings. The number of aromatic nitrogens is 1. The van der Waals surface area contributed by atoms with Gasteiger partial charge in [-0.15, -0.1) is 35.3 Å². The molecule has 0 saturated carbocycles. The first-order chi connectivity index (χ1) is 11.7. The van der Waals surface area contributed by atoms with Gasteiger partial charge < -0.3 is 10.2 Å². The summed E-state index contributed by atoms with van der Waals surface area (Å²) in [5, 5.41) is 4.58. The van der Waals surface area contributed by atoms with Crippen molar-refractivity contribution in [2.45, 2.75) is 32.7 Å². The quantitative estimate of drug-likeness (QED) is 0.414. The van der Waals surface area contributed by atoms with Crippen molar-refractivity contribution < 1.29 is 0 Å². The van der Waals surface area contributed by atoms with Gasteiger partial charge in [0.2, 0.25) is 0 Å². The van der Waals surface area contributed by atoms with Crippen LogP contribution >= 0.6 is 35.3 Å². The Balaban J connectivity index is 0.00000225. The molecule has 1 N–H and O–H groups in total. The van der Waals surface area contributed by atoms with Crippen LogP contribution in [-0.4, -0.2) is 36.0 Å². The van der Waals surface area contributed by atoms with Gasteiger partial charge >= 0.3 is 0 Å². The van der Waals surface area contributed by atoms with E-state index >= 15 is 0 Å². The summed E-state index contributed by atoms with van der Waals surface area (Å²) < 4.78 is 0. The molecule has 1 saturated heterocycles. The summed E-state index contributed by atoms with van der Waals surface area (Å²) in [5.41, 5.74) is 1.46. The molecule has 1 aromatic heterocycles. The highest BCUT2D eigenvalue weighted by atomic mass is 127. The number of aryl methyl sites for hydroxylation is 1. The molecule has 0 aliphatic carbocycles. The first-order valence-electron chi connectivity index (χ1n) is 8.59. The zero-order chi connectivity index (χ0) is 16.9. The number of guanidine groups is 1. The maximum absolute atomic E-state index is 4.47. The zero-order valence-corrected chi connectivity index (χ0v) is 18.3. The summed E-state index contributed by atoms with van der Waals surface area (Å²) in [5.74, 6) is 2.24. The van der Waals surface area contributed by atoms with E-state index in [1.165, 1.54) is 16.9 Å². The molecule has 25 heavy (non-hydrogen) atoms. The molecule has 0 amide bonds. The van der Waals surface area contributed by atoms with E-state index in [9.17, 15) is 0 Å². The van der Waals surface area contributed by atoms with Gasteiger partial charge in [-0.25, -0.2) is 4.98 Å². The van der Waals surface area contributed by atoms with Crippen LogP contribution in [0.1, 0.15) is 34.7 Å². The predicted molar refractivity (Wildman–Crippen MR) is 117 cm³/mol. The number of likely N-dealkylation sites (tertiary alicyclic amines) is 1. The average Bonchev–Trinajstić information content (AvgIpc) is 3.02. The number of halogens is 1. The van der Waals surface area contributed by atoms with Crippen molar-refractivity contribution in [2.75, 3.05) is 20.1 Å². The topological polar surface area (TPSA) is 40.5 Å². The van der Waals surface area contributed by atoms with Crippen LogP contribution in [0.25, 0.3) is 0 Å². The van der Waals surface area contributed by atoms with Crippen LogP contribution < -0.4 is 5.32 Å². The van der Waals surface area contributed by atoms with E-state index in [-0.39, 0.29) is 24.0 Å². The van der Waals surface area contributed by atoms with Crippen LogP contribution in [0.3, 0.4) is 0 Å². The van der Waals surface area contributed by atoms with E-state index in [2.05, 4.69) is 64.4 Å². The Morgan fingerprint density at radius 1 is 1.36 bits per heavy atom. The summed E-state index contributed by atoms with van der Waals surface area (Å²) in [6.07, 6.45) is 3.10. The number of benzene rings is 1. The van der Waals surface area contributed by atoms with Crippen LogP contribution in [0.5, 0.6) is 0 Å². The molecule has 0 spiro atoms. The number of piperidine rings is 1. The van der Waals surface area contributed by atoms with Crippen molar-refractivity contribution >= 4 is 41.3 Å². The minimum absolute atomic E-state index is 0. The summed E-state index contributed by atoms with van der Waals surface area (Å²) >= 11 is 1.74. The smallest absolute Gasteiger partial charge is 0.194 e. The highest BCUT2D eigenvalue weighted by Crippen LogP contribution is 2.32. The number of hydrogen-bond donors (Lipinski definition) is 1. The second-order valence-electron chi connectivity index (χ2n) is 6.49. The molecule has 3 rings (SSSR count). The molecular weight excluding hydrogens is 443 g/mol. The largest absolute Gasteiger partial charge is 0.350 e. The summed E-state index contributed by atoms with van der Waals surface area (Å²) in [6.45, 7) is 7.27. The summed E-state index contributed by atoms with van der Waals surface area (Å²) in [4.78, 5) is 12.5. The lowest BCUT2D eigenvalue weighted by Crippen LogP contribution is -2.47. The Hall–Kier alpha value is -1.15. The highest BCUT2D eigenvalue weighted by molar-refractivity contribution is 14.0. The molecule has 1 fully saturated rings. The number of nitrogens with zero attached hydrogens (tertiary/aromatic N) is 3. The minimum atomic E-state index is 0. The molecule has 2 unspecified atom stereocenters. The number of thiazole rings is 1. The molecule has 0 bridgehead atoms. The van der Waals surface area contributed by atoms with E-state index in [1.54, 1.807) is 11.3 Å². The fourth-order valence-corrected chi connectivity index (χ4v) is 4.23. The van der Waals surface area contributed by atoms with Crippen LogP contribution in [0.4, 0.5) is 0 Å². The highest BCUT2D eigenvalue weighted by Gasteiger charge is 2.28. The van der Waals surface area contributed by atoms with Crippen molar-refractivity contribution in [3.05, 3.63) is 52.0 Å². The lowest BCUT2D eigenvalue weighted by Gasteiger charge is -2.38. The van der Waals surface area contributed by atoms with Crippen molar-refractivity contribution in [3.63, 3.8) is 0 Å². The van der Waals surface area contributed by atoms with E-state index in [0.29, 0.717) is 11.8 Å². The Morgan fingerprint density at radius 2 is 2.12 bits per heavy atom. The van der Waals surface area contributed by atoms with Crippen LogP contribution in [-0.2, 0) is 6.54 Å². The molecule has 4 nitrogen and oxygen atoms in total. The zero-order valence-electron chi connectivity index (χ0n) is 15.1. The van der Waals surface area contributed by atoms with Crippen LogP contribution in [0.15, 0.2) is 41.5 Å². The Bertz CT molecular complexity index is 686. The van der Waals surface area contributed by atoms with Gasteiger partial charge in [0.1, 0.15) is 5.01 Å². The molecule has 6 heteroatoms. The average molecular weight is 470 g/mol. The van der Waals surface area contributed by atoms with Gasteiger partial charge in [-0.1, -0.05) is 37.3 Å². The fraction of sp³-hybridized carbons (Fsp3) is 0.474. The fourth-order valence-electron chi connectivity index (χ4n) is 3.50. The van der Waals surface area contributed by atoms with Gasteiger partial charge in [-0.3, -0.25) is 4.99 Å². The standard InChI is InChI=1S/C19H26N4S.HI/c1-14-13-23(10-9-17(14)16-7-5-4-6-8-16)19(20-3)22-12-18-21-11-15(2)24-18;/h4-8,11,14,17H,9-10,12-13H2,1-3H3,(H,20,22);1H. The van der Waals surface area contributed by atoms with Gasteiger partial charge in [0.05, 0.1) is 6.54 Å². The first kappa shape index (κ1) is 20.2. The second kappa shape index (κ2) is 9.52. The molecular formula is C19H27IN4S. The van der Waals surface area contributed by atoms with Gasteiger partial charge in [0.15, 0.2) is 5.96 Å². The number of rotatable bonds is 3. The normalized spacial score (nSPS) is 20.9. The van der Waals surface area contributed by atoms with Gasteiger partial charge in [-0.2, -0.15) is 0 Å². The lowest BCUT2D eigenvalue weighted by atomic mass is 9.82. The summed E-state index contributed by atoms with van der Waals surface area (Å²) in [7, 11) is 1.86. The monoisotopic (exact) mass is 470 g/mol. The first-order valence-corrected chi connectivity index (χ1v) is 9.41. The van der Waals surface area contributed by atoms with Gasteiger partial charge in [0, 0.05) is 31.2 Å².